The normalized spacial score (nSPS) is 13.0. The number of halogens is 3. The van der Waals surface area contributed by atoms with Gasteiger partial charge in [-0.2, -0.15) is 13.2 Å². The zero-order valence-corrected chi connectivity index (χ0v) is 12.9. The van der Waals surface area contributed by atoms with Crippen molar-refractivity contribution in [2.75, 3.05) is 13.2 Å². The number of aliphatic hydroxyl groups is 1. The third-order valence-corrected chi connectivity index (χ3v) is 3.10. The molecule has 0 aliphatic rings. The van der Waals surface area contributed by atoms with E-state index in [1.54, 1.807) is 0 Å². The van der Waals surface area contributed by atoms with Crippen LogP contribution in [0.5, 0.6) is 11.5 Å². The lowest BCUT2D eigenvalue weighted by atomic mass is 10.1. The molecule has 22 heavy (non-hydrogen) atoms. The van der Waals surface area contributed by atoms with E-state index in [1.807, 2.05) is 13.8 Å². The van der Waals surface area contributed by atoms with Crippen LogP contribution in [0.4, 0.5) is 13.2 Å². The lowest BCUT2D eigenvalue weighted by Crippen LogP contribution is -2.20. The van der Waals surface area contributed by atoms with Crippen LogP contribution in [0.1, 0.15) is 51.2 Å². The first-order valence-electron chi connectivity index (χ1n) is 7.54. The Hall–Kier alpha value is -1.43. The summed E-state index contributed by atoms with van der Waals surface area (Å²) in [5.41, 5.74) is -0.248. The van der Waals surface area contributed by atoms with Gasteiger partial charge in [0.2, 0.25) is 0 Å². The molecule has 0 radical (unpaired) electrons. The molecule has 0 aliphatic heterocycles. The Kier molecular flexibility index (Phi) is 7.51. The Balaban J connectivity index is 2.92. The highest BCUT2D eigenvalue weighted by Crippen LogP contribution is 2.37. The van der Waals surface area contributed by atoms with Gasteiger partial charge in [-0.3, -0.25) is 0 Å². The van der Waals surface area contributed by atoms with E-state index in [0.29, 0.717) is 19.0 Å². The molecule has 0 fully saturated rings. The lowest BCUT2D eigenvalue weighted by Gasteiger charge is -2.18. The fraction of sp³-hybridized carbons (Fsp3) is 0.625. The highest BCUT2D eigenvalue weighted by molar-refractivity contribution is 5.44. The predicted molar refractivity (Wildman–Crippen MR) is 78.3 cm³/mol. The topological polar surface area (TPSA) is 38.7 Å². The van der Waals surface area contributed by atoms with Crippen molar-refractivity contribution in [3.8, 4) is 11.5 Å². The van der Waals surface area contributed by atoms with Crippen LogP contribution in [0.3, 0.4) is 0 Å². The highest BCUT2D eigenvalue weighted by atomic mass is 19.4. The van der Waals surface area contributed by atoms with Gasteiger partial charge in [0.05, 0.1) is 13.2 Å². The Bertz CT molecular complexity index is 447. The molecule has 1 aromatic carbocycles. The molecule has 0 saturated heterocycles. The van der Waals surface area contributed by atoms with Gasteiger partial charge in [-0.15, -0.1) is 0 Å². The van der Waals surface area contributed by atoms with Gasteiger partial charge in [-0.1, -0.05) is 32.8 Å². The maximum absolute atomic E-state index is 12.6. The minimum Gasteiger partial charge on any atom is -0.490 e. The average Bonchev–Trinajstić information content (AvgIpc) is 2.47. The van der Waals surface area contributed by atoms with E-state index < -0.39 is 12.3 Å². The van der Waals surface area contributed by atoms with E-state index in [1.165, 1.54) is 18.2 Å². The molecule has 6 heteroatoms. The van der Waals surface area contributed by atoms with E-state index >= 15 is 0 Å². The van der Waals surface area contributed by atoms with E-state index in [2.05, 4.69) is 0 Å². The molecule has 0 bridgehead atoms. The summed E-state index contributed by atoms with van der Waals surface area (Å²) < 4.78 is 48.8. The van der Waals surface area contributed by atoms with Crippen LogP contribution in [0, 0.1) is 0 Å². The van der Waals surface area contributed by atoms with Gasteiger partial charge in [0.1, 0.15) is 0 Å². The monoisotopic (exact) mass is 320 g/mol. The number of hydrogen-bond donors (Lipinski definition) is 1. The zero-order chi connectivity index (χ0) is 16.6. The number of hydrogen-bond acceptors (Lipinski definition) is 3. The number of ether oxygens (including phenoxy) is 2. The second-order valence-electron chi connectivity index (χ2n) is 5.05. The Morgan fingerprint density at radius 1 is 1.00 bits per heavy atom. The highest BCUT2D eigenvalue weighted by Gasteiger charge is 2.39. The summed E-state index contributed by atoms with van der Waals surface area (Å²) in [5, 5.41) is 9.34. The summed E-state index contributed by atoms with van der Waals surface area (Å²) in [6.07, 6.45) is -3.72. The molecular weight excluding hydrogens is 297 g/mol. The standard InChI is InChI=1S/C16H23F3O3/c1-3-5-9-21-13-8-7-12(15(20)16(17,18)19)11-14(13)22-10-6-4-2/h7-8,11,15,20H,3-6,9-10H2,1-2H3. The first-order valence-corrected chi connectivity index (χ1v) is 7.54. The zero-order valence-electron chi connectivity index (χ0n) is 12.9. The van der Waals surface area contributed by atoms with Gasteiger partial charge >= 0.3 is 6.18 Å². The van der Waals surface area contributed by atoms with Crippen LogP contribution in [0.2, 0.25) is 0 Å². The van der Waals surface area contributed by atoms with E-state index in [4.69, 9.17) is 9.47 Å². The van der Waals surface area contributed by atoms with Crippen LogP contribution in [0.15, 0.2) is 18.2 Å². The van der Waals surface area contributed by atoms with Gasteiger partial charge in [0.15, 0.2) is 17.6 Å². The van der Waals surface area contributed by atoms with Crippen LogP contribution < -0.4 is 9.47 Å². The second-order valence-corrected chi connectivity index (χ2v) is 5.05. The SMILES string of the molecule is CCCCOc1ccc(C(O)C(F)(F)F)cc1OCCCC. The molecule has 0 saturated carbocycles. The first kappa shape index (κ1) is 18.6. The molecule has 126 valence electrons. The van der Waals surface area contributed by atoms with Gasteiger partial charge < -0.3 is 14.6 Å². The number of alkyl halides is 3. The van der Waals surface area contributed by atoms with Crippen LogP contribution in [-0.4, -0.2) is 24.5 Å². The number of rotatable bonds is 9. The maximum Gasteiger partial charge on any atom is 0.418 e. The molecule has 0 aliphatic carbocycles. The van der Waals surface area contributed by atoms with Crippen molar-refractivity contribution in [3.63, 3.8) is 0 Å². The summed E-state index contributed by atoms with van der Waals surface area (Å²) in [6.45, 7) is 4.88. The molecule has 0 aromatic heterocycles. The molecule has 0 spiro atoms. The van der Waals surface area contributed by atoms with E-state index in [-0.39, 0.29) is 11.3 Å². The number of aliphatic hydroxyl groups excluding tert-OH is 1. The predicted octanol–water partition coefficient (Wildman–Crippen LogP) is 4.64. The molecule has 1 atom stereocenters. The van der Waals surface area contributed by atoms with Crippen molar-refractivity contribution in [1.82, 2.24) is 0 Å². The van der Waals surface area contributed by atoms with Crippen molar-refractivity contribution in [3.05, 3.63) is 23.8 Å². The van der Waals surface area contributed by atoms with Crippen molar-refractivity contribution in [1.29, 1.82) is 0 Å². The van der Waals surface area contributed by atoms with Crippen LogP contribution in [0.25, 0.3) is 0 Å². The maximum atomic E-state index is 12.6. The molecule has 1 unspecified atom stereocenters. The van der Waals surface area contributed by atoms with Crippen molar-refractivity contribution in [2.45, 2.75) is 51.8 Å². The fourth-order valence-corrected chi connectivity index (χ4v) is 1.77. The Labute approximate surface area is 129 Å². The summed E-state index contributed by atoms with van der Waals surface area (Å²) in [7, 11) is 0. The average molecular weight is 320 g/mol. The molecule has 1 N–H and O–H groups in total. The Morgan fingerprint density at radius 3 is 2.05 bits per heavy atom. The van der Waals surface area contributed by atoms with Crippen LogP contribution in [-0.2, 0) is 0 Å². The third-order valence-electron chi connectivity index (χ3n) is 3.10. The summed E-state index contributed by atoms with van der Waals surface area (Å²) >= 11 is 0. The minimum absolute atomic E-state index is 0.241. The van der Waals surface area contributed by atoms with Gasteiger partial charge in [-0.25, -0.2) is 0 Å². The number of benzene rings is 1. The molecule has 1 aromatic rings. The van der Waals surface area contributed by atoms with Gasteiger partial charge in [0.25, 0.3) is 0 Å². The molecule has 3 nitrogen and oxygen atoms in total. The van der Waals surface area contributed by atoms with E-state index in [9.17, 15) is 18.3 Å². The van der Waals surface area contributed by atoms with Crippen molar-refractivity contribution < 1.29 is 27.8 Å². The van der Waals surface area contributed by atoms with Gasteiger partial charge in [0, 0.05) is 0 Å². The minimum atomic E-state index is -4.70. The van der Waals surface area contributed by atoms with E-state index in [0.717, 1.165) is 25.7 Å². The number of unbranched alkanes of at least 4 members (excludes halogenated alkanes) is 2. The van der Waals surface area contributed by atoms with Crippen LogP contribution >= 0.6 is 0 Å². The molecule has 1 rings (SSSR count). The summed E-state index contributed by atoms with van der Waals surface area (Å²) in [6, 6.07) is 3.84. The smallest absolute Gasteiger partial charge is 0.418 e. The third kappa shape index (κ3) is 5.75. The quantitative estimate of drug-likeness (QED) is 0.674. The summed E-state index contributed by atoms with van der Waals surface area (Å²) in [5.74, 6) is 0.646. The molecule has 0 amide bonds. The van der Waals surface area contributed by atoms with Gasteiger partial charge in [-0.05, 0) is 30.5 Å². The summed E-state index contributed by atoms with van der Waals surface area (Å²) in [4.78, 5) is 0. The molecule has 0 heterocycles. The lowest BCUT2D eigenvalue weighted by molar-refractivity contribution is -0.206. The van der Waals surface area contributed by atoms with Crippen molar-refractivity contribution in [2.24, 2.45) is 0 Å². The first-order chi connectivity index (χ1) is 10.4. The second kappa shape index (κ2) is 8.88. The molecular formula is C16H23F3O3. The largest absolute Gasteiger partial charge is 0.490 e. The Morgan fingerprint density at radius 2 is 1.55 bits per heavy atom. The van der Waals surface area contributed by atoms with Crippen molar-refractivity contribution >= 4 is 0 Å². The fourth-order valence-electron chi connectivity index (χ4n) is 1.77.